The van der Waals surface area contributed by atoms with E-state index >= 15 is 0 Å². The first kappa shape index (κ1) is 15.5. The topological polar surface area (TPSA) is 74.7 Å². The van der Waals surface area contributed by atoms with E-state index in [-0.39, 0.29) is 11.4 Å². The molecule has 1 fully saturated rings. The molecule has 0 aliphatic carbocycles. The maximum Gasteiger partial charge on any atom is 0.322 e. The third-order valence-corrected chi connectivity index (χ3v) is 6.30. The number of benzene rings is 1. The van der Waals surface area contributed by atoms with Crippen molar-refractivity contribution in [3.05, 3.63) is 28.2 Å². The van der Waals surface area contributed by atoms with Crippen LogP contribution >= 0.6 is 15.9 Å². The van der Waals surface area contributed by atoms with Gasteiger partial charge in [-0.3, -0.25) is 4.79 Å². The van der Waals surface area contributed by atoms with Gasteiger partial charge >= 0.3 is 5.97 Å². The van der Waals surface area contributed by atoms with Crippen LogP contribution in [0.3, 0.4) is 0 Å². The molecule has 1 heterocycles. The van der Waals surface area contributed by atoms with E-state index < -0.39 is 22.0 Å². The van der Waals surface area contributed by atoms with Crippen molar-refractivity contribution in [3.8, 4) is 0 Å². The lowest BCUT2D eigenvalue weighted by molar-refractivity contribution is -0.142. The lowest BCUT2D eigenvalue weighted by Gasteiger charge is -2.32. The molecule has 1 aromatic carbocycles. The Morgan fingerprint density at radius 2 is 2.10 bits per heavy atom. The van der Waals surface area contributed by atoms with Crippen LogP contribution in [0.25, 0.3) is 0 Å². The maximum absolute atomic E-state index is 12.7. The highest BCUT2D eigenvalue weighted by Crippen LogP contribution is 2.30. The van der Waals surface area contributed by atoms with E-state index in [0.29, 0.717) is 17.3 Å². The largest absolute Gasteiger partial charge is 0.480 e. The summed E-state index contributed by atoms with van der Waals surface area (Å²) in [6.07, 6.45) is 1.78. The minimum atomic E-state index is -3.80. The molecule has 1 aliphatic rings. The van der Waals surface area contributed by atoms with Crippen LogP contribution in [0.2, 0.25) is 0 Å². The van der Waals surface area contributed by atoms with Crippen LogP contribution in [0.15, 0.2) is 27.6 Å². The monoisotopic (exact) mass is 361 g/mol. The second-order valence-corrected chi connectivity index (χ2v) is 7.61. The quantitative estimate of drug-likeness (QED) is 0.896. The summed E-state index contributed by atoms with van der Waals surface area (Å²) in [4.78, 5) is 11.4. The predicted octanol–water partition coefficient (Wildman–Crippen LogP) is 2.39. The predicted molar refractivity (Wildman–Crippen MR) is 78.0 cm³/mol. The third-order valence-electron chi connectivity index (χ3n) is 3.41. The molecular weight excluding hydrogens is 346 g/mol. The number of sulfonamides is 1. The minimum absolute atomic E-state index is 0.122. The minimum Gasteiger partial charge on any atom is -0.480 e. The van der Waals surface area contributed by atoms with Gasteiger partial charge < -0.3 is 5.11 Å². The zero-order chi connectivity index (χ0) is 14.9. The van der Waals surface area contributed by atoms with E-state index in [1.54, 1.807) is 12.1 Å². The van der Waals surface area contributed by atoms with Crippen molar-refractivity contribution in [2.75, 3.05) is 6.54 Å². The Balaban J connectivity index is 2.45. The number of rotatable bonds is 3. The van der Waals surface area contributed by atoms with E-state index in [1.165, 1.54) is 6.07 Å². The Morgan fingerprint density at radius 3 is 2.70 bits per heavy atom. The van der Waals surface area contributed by atoms with E-state index in [2.05, 4.69) is 15.9 Å². The van der Waals surface area contributed by atoms with Crippen molar-refractivity contribution in [2.24, 2.45) is 0 Å². The van der Waals surface area contributed by atoms with Crippen molar-refractivity contribution in [3.63, 3.8) is 0 Å². The molecule has 1 saturated heterocycles. The first-order valence-electron chi connectivity index (χ1n) is 6.35. The highest BCUT2D eigenvalue weighted by Gasteiger charge is 2.38. The molecule has 110 valence electrons. The van der Waals surface area contributed by atoms with E-state index in [4.69, 9.17) is 0 Å². The molecule has 20 heavy (non-hydrogen) atoms. The molecule has 0 amide bonds. The summed E-state index contributed by atoms with van der Waals surface area (Å²) in [6, 6.07) is 3.97. The number of nitrogens with zero attached hydrogens (tertiary/aromatic N) is 1. The highest BCUT2D eigenvalue weighted by atomic mass is 79.9. The Morgan fingerprint density at radius 1 is 1.40 bits per heavy atom. The maximum atomic E-state index is 12.7. The smallest absolute Gasteiger partial charge is 0.322 e. The zero-order valence-corrected chi connectivity index (χ0v) is 13.4. The van der Waals surface area contributed by atoms with Gasteiger partial charge in [0.25, 0.3) is 0 Å². The zero-order valence-electron chi connectivity index (χ0n) is 11.0. The standard InChI is InChI=1S/C13H16BrNO4S/c1-9-5-6-12(10(14)8-9)20(18,19)15-7-3-2-4-11(15)13(16)17/h5-6,8,11H,2-4,7H2,1H3,(H,16,17). The van der Waals surface area contributed by atoms with Crippen LogP contribution < -0.4 is 0 Å². The lowest BCUT2D eigenvalue weighted by Crippen LogP contribution is -2.47. The van der Waals surface area contributed by atoms with Crippen LogP contribution in [-0.2, 0) is 14.8 Å². The van der Waals surface area contributed by atoms with Crippen molar-refractivity contribution >= 4 is 31.9 Å². The average molecular weight is 362 g/mol. The van der Waals surface area contributed by atoms with Gasteiger partial charge in [-0.1, -0.05) is 6.07 Å². The molecular formula is C13H16BrNO4S. The number of hydrogen-bond donors (Lipinski definition) is 1. The van der Waals surface area contributed by atoms with Crippen molar-refractivity contribution in [1.29, 1.82) is 0 Å². The summed E-state index contributed by atoms with van der Waals surface area (Å²) in [6.45, 7) is 2.11. The number of hydrogen-bond acceptors (Lipinski definition) is 3. The van der Waals surface area contributed by atoms with Gasteiger partial charge in [-0.25, -0.2) is 8.42 Å². The van der Waals surface area contributed by atoms with Crippen molar-refractivity contribution < 1.29 is 18.3 Å². The number of aliphatic carboxylic acids is 1. The van der Waals surface area contributed by atoms with E-state index in [9.17, 15) is 18.3 Å². The molecule has 1 unspecified atom stereocenters. The van der Waals surface area contributed by atoms with Gasteiger partial charge in [0, 0.05) is 11.0 Å². The van der Waals surface area contributed by atoms with E-state index in [1.807, 2.05) is 6.92 Å². The van der Waals surface area contributed by atoms with Gasteiger partial charge in [-0.05, 0) is 59.8 Å². The van der Waals surface area contributed by atoms with E-state index in [0.717, 1.165) is 16.3 Å². The van der Waals surface area contributed by atoms with Crippen molar-refractivity contribution in [1.82, 2.24) is 4.31 Å². The molecule has 1 aliphatic heterocycles. The molecule has 2 rings (SSSR count). The first-order chi connectivity index (χ1) is 9.34. The van der Waals surface area contributed by atoms with Crippen molar-refractivity contribution in [2.45, 2.75) is 37.1 Å². The summed E-state index contributed by atoms with van der Waals surface area (Å²) in [5, 5.41) is 9.21. The van der Waals surface area contributed by atoms with Crippen LogP contribution in [0.4, 0.5) is 0 Å². The van der Waals surface area contributed by atoms with Crippen LogP contribution in [0.5, 0.6) is 0 Å². The molecule has 7 heteroatoms. The molecule has 1 N–H and O–H groups in total. The lowest BCUT2D eigenvalue weighted by atomic mass is 10.1. The van der Waals surface area contributed by atoms with Gasteiger partial charge in [0.1, 0.15) is 6.04 Å². The summed E-state index contributed by atoms with van der Waals surface area (Å²) in [5.41, 5.74) is 0.934. The molecule has 5 nitrogen and oxygen atoms in total. The second-order valence-electron chi connectivity index (χ2n) is 4.90. The molecule has 0 saturated carbocycles. The molecule has 1 atom stereocenters. The Kier molecular flexibility index (Phi) is 4.51. The molecule has 0 radical (unpaired) electrons. The Hall–Kier alpha value is -0.920. The number of piperidine rings is 1. The normalized spacial score (nSPS) is 20.8. The first-order valence-corrected chi connectivity index (χ1v) is 8.58. The molecule has 0 spiro atoms. The Bertz CT molecular complexity index is 629. The van der Waals surface area contributed by atoms with Gasteiger partial charge in [0.2, 0.25) is 10.0 Å². The van der Waals surface area contributed by atoms with Gasteiger partial charge in [-0.2, -0.15) is 4.31 Å². The number of halogens is 1. The molecule has 1 aromatic rings. The summed E-state index contributed by atoms with van der Waals surface area (Å²) in [7, 11) is -3.80. The Labute approximate surface area is 126 Å². The van der Waals surface area contributed by atoms with Gasteiger partial charge in [0.05, 0.1) is 4.90 Å². The summed E-state index contributed by atoms with van der Waals surface area (Å²) in [5.74, 6) is -1.09. The number of carboxylic acid groups (broad SMARTS) is 1. The fraction of sp³-hybridized carbons (Fsp3) is 0.462. The molecule has 0 aromatic heterocycles. The van der Waals surface area contributed by atoms with Crippen LogP contribution in [0.1, 0.15) is 24.8 Å². The highest BCUT2D eigenvalue weighted by molar-refractivity contribution is 9.10. The van der Waals surface area contributed by atoms with Crippen LogP contribution in [-0.4, -0.2) is 36.4 Å². The summed E-state index contributed by atoms with van der Waals surface area (Å²) < 4.78 is 26.9. The second kappa shape index (κ2) is 5.83. The number of carbonyl (C=O) groups is 1. The SMILES string of the molecule is Cc1ccc(S(=O)(=O)N2CCCCC2C(=O)O)c(Br)c1. The average Bonchev–Trinajstić information content (AvgIpc) is 2.38. The summed E-state index contributed by atoms with van der Waals surface area (Å²) >= 11 is 3.25. The number of carboxylic acids is 1. The fourth-order valence-electron chi connectivity index (χ4n) is 2.38. The van der Waals surface area contributed by atoms with Crippen LogP contribution in [0, 0.1) is 6.92 Å². The third kappa shape index (κ3) is 2.89. The fourth-order valence-corrected chi connectivity index (χ4v) is 5.19. The molecule has 0 bridgehead atoms. The van der Waals surface area contributed by atoms with Gasteiger partial charge in [-0.15, -0.1) is 0 Å². The van der Waals surface area contributed by atoms with Gasteiger partial charge in [0.15, 0.2) is 0 Å². The number of aryl methyl sites for hydroxylation is 1.